The number of nitrogens with zero attached hydrogens (tertiary/aromatic N) is 4. The average molecular weight is 460 g/mol. The monoisotopic (exact) mass is 460 g/mol. The SMILES string of the molecule is CN1CC(=O)OB(c2ccc(Cn3cc(COC4CO[C@H](CO)C4O)nn3)cc2)OC(=O)C1. The van der Waals surface area contributed by atoms with E-state index in [9.17, 15) is 14.7 Å². The van der Waals surface area contributed by atoms with Gasteiger partial charge in [-0.3, -0.25) is 14.5 Å². The molecule has 1 aromatic heterocycles. The van der Waals surface area contributed by atoms with E-state index in [2.05, 4.69) is 10.3 Å². The third kappa shape index (κ3) is 5.95. The van der Waals surface area contributed by atoms with Crippen LogP contribution >= 0.6 is 0 Å². The van der Waals surface area contributed by atoms with Crippen molar-refractivity contribution in [2.24, 2.45) is 0 Å². The molecular formula is C20H25BN4O8. The number of aliphatic hydroxyl groups is 2. The summed E-state index contributed by atoms with van der Waals surface area (Å²) in [4.78, 5) is 25.4. The maximum absolute atomic E-state index is 11.9. The van der Waals surface area contributed by atoms with Gasteiger partial charge in [0.05, 0.1) is 45.7 Å². The number of benzene rings is 1. The number of likely N-dealkylation sites (N-methyl/N-ethyl adjacent to an activating group) is 1. The molecule has 0 bridgehead atoms. The zero-order valence-electron chi connectivity index (χ0n) is 18.1. The molecule has 0 aliphatic carbocycles. The van der Waals surface area contributed by atoms with Crippen LogP contribution in [-0.4, -0.2) is 101 Å². The Bertz CT molecular complexity index is 951. The lowest BCUT2D eigenvalue weighted by atomic mass is 9.78. The van der Waals surface area contributed by atoms with Gasteiger partial charge in [0.25, 0.3) is 0 Å². The highest BCUT2D eigenvalue weighted by molar-refractivity contribution is 6.64. The van der Waals surface area contributed by atoms with Crippen LogP contribution in [0.2, 0.25) is 0 Å². The molecule has 0 spiro atoms. The van der Waals surface area contributed by atoms with E-state index in [1.54, 1.807) is 30.1 Å². The predicted octanol–water partition coefficient (Wildman–Crippen LogP) is -2.31. The quantitative estimate of drug-likeness (QED) is 0.430. The van der Waals surface area contributed by atoms with E-state index in [1.165, 1.54) is 4.90 Å². The highest BCUT2D eigenvalue weighted by atomic mass is 16.6. The number of hydrogen-bond donors (Lipinski definition) is 2. The maximum Gasteiger partial charge on any atom is 0.636 e. The normalized spacial score (nSPS) is 24.3. The molecule has 0 radical (unpaired) electrons. The van der Waals surface area contributed by atoms with Crippen molar-refractivity contribution in [2.45, 2.75) is 31.5 Å². The van der Waals surface area contributed by atoms with E-state index < -0.39 is 37.4 Å². The Balaban J connectivity index is 1.31. The molecule has 2 saturated heterocycles. The summed E-state index contributed by atoms with van der Waals surface area (Å²) < 4.78 is 23.1. The van der Waals surface area contributed by atoms with Gasteiger partial charge >= 0.3 is 19.1 Å². The number of ether oxygens (including phenoxy) is 2. The van der Waals surface area contributed by atoms with Gasteiger partial charge in [-0.25, -0.2) is 4.68 Å². The molecule has 4 rings (SSSR count). The minimum absolute atomic E-state index is 0.0107. The Hall–Kier alpha value is -2.84. The summed E-state index contributed by atoms with van der Waals surface area (Å²) in [5.74, 6) is -0.944. The largest absolute Gasteiger partial charge is 0.636 e. The Morgan fingerprint density at radius 3 is 2.52 bits per heavy atom. The van der Waals surface area contributed by atoms with E-state index >= 15 is 0 Å². The molecular weight excluding hydrogens is 435 g/mol. The van der Waals surface area contributed by atoms with E-state index in [-0.39, 0.29) is 32.9 Å². The molecule has 2 aromatic rings. The molecule has 3 atom stereocenters. The zero-order chi connectivity index (χ0) is 23.4. The molecule has 0 amide bonds. The average Bonchev–Trinajstić information content (AvgIpc) is 3.36. The van der Waals surface area contributed by atoms with Crippen LogP contribution in [0.3, 0.4) is 0 Å². The van der Waals surface area contributed by atoms with Crippen LogP contribution in [0.4, 0.5) is 0 Å². The molecule has 0 saturated carbocycles. The van der Waals surface area contributed by atoms with Crippen LogP contribution in [0, 0.1) is 0 Å². The molecule has 3 heterocycles. The molecule has 13 heteroatoms. The topological polar surface area (TPSA) is 145 Å². The number of aromatic nitrogens is 3. The van der Waals surface area contributed by atoms with Crippen LogP contribution in [0.15, 0.2) is 30.5 Å². The second kappa shape index (κ2) is 10.4. The molecule has 2 aliphatic heterocycles. The minimum atomic E-state index is -1.08. The molecule has 2 N–H and O–H groups in total. The molecule has 2 fully saturated rings. The summed E-state index contributed by atoms with van der Waals surface area (Å²) in [6.07, 6.45) is -0.323. The number of hydrogen-bond acceptors (Lipinski definition) is 11. The van der Waals surface area contributed by atoms with E-state index in [0.717, 1.165) is 5.56 Å². The third-order valence-corrected chi connectivity index (χ3v) is 5.32. The van der Waals surface area contributed by atoms with Gasteiger partial charge in [0.15, 0.2) is 0 Å². The molecule has 1 aromatic carbocycles. The van der Waals surface area contributed by atoms with Crippen molar-refractivity contribution in [1.82, 2.24) is 19.9 Å². The summed E-state index contributed by atoms with van der Waals surface area (Å²) in [6.45, 7) is 0.543. The van der Waals surface area contributed by atoms with Crippen LogP contribution < -0.4 is 5.46 Å². The summed E-state index contributed by atoms with van der Waals surface area (Å²) in [5, 5.41) is 27.3. The molecule has 176 valence electrons. The fourth-order valence-corrected chi connectivity index (χ4v) is 3.57. The van der Waals surface area contributed by atoms with Gasteiger partial charge < -0.3 is 29.0 Å². The lowest BCUT2D eigenvalue weighted by Gasteiger charge is -2.22. The van der Waals surface area contributed by atoms with Crippen molar-refractivity contribution in [2.75, 3.05) is 33.4 Å². The van der Waals surface area contributed by atoms with Crippen molar-refractivity contribution < 1.29 is 38.6 Å². The van der Waals surface area contributed by atoms with Crippen LogP contribution in [0.5, 0.6) is 0 Å². The lowest BCUT2D eigenvalue weighted by Crippen LogP contribution is -2.47. The summed E-state index contributed by atoms with van der Waals surface area (Å²) in [7, 11) is 0.557. The van der Waals surface area contributed by atoms with Gasteiger partial charge in [0, 0.05) is 5.46 Å². The number of rotatable bonds is 7. The highest BCUT2D eigenvalue weighted by Crippen LogP contribution is 2.18. The standard InChI is InChI=1S/C20H25BN4O8/c1-24-8-18(27)32-21(33-19(28)9-24)14-4-2-13(3-5-14)6-25-7-15(22-23-25)11-30-17-12-31-16(10-26)20(17)29/h2-5,7,16-17,20,26,29H,6,8-12H2,1H3/t16-,17?,20?/m1/s1. The van der Waals surface area contributed by atoms with Crippen LogP contribution in [0.1, 0.15) is 11.3 Å². The molecule has 2 unspecified atom stereocenters. The van der Waals surface area contributed by atoms with E-state index in [4.69, 9.17) is 23.9 Å². The van der Waals surface area contributed by atoms with Gasteiger partial charge in [-0.15, -0.1) is 5.10 Å². The number of aliphatic hydroxyl groups excluding tert-OH is 2. The Labute approximate surface area is 190 Å². The molecule has 33 heavy (non-hydrogen) atoms. The first-order valence-corrected chi connectivity index (χ1v) is 10.5. The van der Waals surface area contributed by atoms with Gasteiger partial charge in [-0.2, -0.15) is 0 Å². The summed E-state index contributed by atoms with van der Waals surface area (Å²) in [6, 6.07) is 7.10. The smallest absolute Gasteiger partial charge is 0.494 e. The van der Waals surface area contributed by atoms with Crippen molar-refractivity contribution >= 4 is 24.5 Å². The Kier molecular flexibility index (Phi) is 7.35. The predicted molar refractivity (Wildman–Crippen MR) is 112 cm³/mol. The summed E-state index contributed by atoms with van der Waals surface area (Å²) in [5.41, 5.74) is 2.05. The van der Waals surface area contributed by atoms with Gasteiger partial charge in [-0.1, -0.05) is 29.5 Å². The maximum atomic E-state index is 11.9. The van der Waals surface area contributed by atoms with E-state index in [0.29, 0.717) is 17.7 Å². The van der Waals surface area contributed by atoms with Gasteiger partial charge in [0.1, 0.15) is 24.0 Å². The van der Waals surface area contributed by atoms with Crippen LogP contribution in [-0.2, 0) is 41.5 Å². The van der Waals surface area contributed by atoms with E-state index in [1.807, 2.05) is 12.1 Å². The number of carbonyl (C=O) groups is 2. The Morgan fingerprint density at radius 1 is 1.18 bits per heavy atom. The first kappa shape index (κ1) is 23.3. The first-order chi connectivity index (χ1) is 15.9. The number of carbonyl (C=O) groups excluding carboxylic acids is 2. The van der Waals surface area contributed by atoms with Crippen molar-refractivity contribution in [1.29, 1.82) is 0 Å². The second-order valence-electron chi connectivity index (χ2n) is 8.03. The summed E-state index contributed by atoms with van der Waals surface area (Å²) >= 11 is 0. The second-order valence-corrected chi connectivity index (χ2v) is 8.03. The third-order valence-electron chi connectivity index (χ3n) is 5.32. The van der Waals surface area contributed by atoms with Gasteiger partial charge in [0.2, 0.25) is 0 Å². The molecule has 12 nitrogen and oxygen atoms in total. The Morgan fingerprint density at radius 2 is 1.88 bits per heavy atom. The van der Waals surface area contributed by atoms with Crippen LogP contribution in [0.25, 0.3) is 0 Å². The fraction of sp³-hybridized carbons (Fsp3) is 0.500. The highest BCUT2D eigenvalue weighted by Gasteiger charge is 2.36. The minimum Gasteiger partial charge on any atom is -0.494 e. The van der Waals surface area contributed by atoms with Gasteiger partial charge in [-0.05, 0) is 12.6 Å². The first-order valence-electron chi connectivity index (χ1n) is 10.5. The fourth-order valence-electron chi connectivity index (χ4n) is 3.57. The van der Waals surface area contributed by atoms with Crippen molar-refractivity contribution in [3.8, 4) is 0 Å². The van der Waals surface area contributed by atoms with Crippen molar-refractivity contribution in [3.63, 3.8) is 0 Å². The lowest BCUT2D eigenvalue weighted by molar-refractivity contribution is -0.145. The van der Waals surface area contributed by atoms with Crippen molar-refractivity contribution in [3.05, 3.63) is 41.7 Å². The zero-order valence-corrected chi connectivity index (χ0v) is 18.1. The molecule has 2 aliphatic rings.